The Morgan fingerprint density at radius 2 is 2.27 bits per heavy atom. The van der Waals surface area contributed by atoms with Gasteiger partial charge in [0, 0.05) is 12.0 Å². The molecule has 0 aromatic heterocycles. The molecular weight excluding hydrogens is 141 g/mol. The van der Waals surface area contributed by atoms with Gasteiger partial charge in [-0.15, -0.1) is 0 Å². The minimum absolute atomic E-state index is 0.0605. The summed E-state index contributed by atoms with van der Waals surface area (Å²) in [7, 11) is 4.90. The van der Waals surface area contributed by atoms with Gasteiger partial charge < -0.3 is 10.4 Å². The molecule has 1 saturated carbocycles. The summed E-state index contributed by atoms with van der Waals surface area (Å²) in [4.78, 5) is 10.3. The first-order valence-electron chi connectivity index (χ1n) is 3.83. The van der Waals surface area contributed by atoms with Crippen LogP contribution in [0.2, 0.25) is 0 Å². The summed E-state index contributed by atoms with van der Waals surface area (Å²) in [5.74, 6) is -0.510. The lowest BCUT2D eigenvalue weighted by atomic mass is 9.69. The zero-order valence-electron chi connectivity index (χ0n) is 6.47. The van der Waals surface area contributed by atoms with Crippen LogP contribution in [-0.2, 0) is 0 Å². The molecule has 0 spiro atoms. The minimum Gasteiger partial charge on any atom is -0.396 e. The summed E-state index contributed by atoms with van der Waals surface area (Å²) in [5, 5.41) is 11.5. The smallest absolute Gasteiger partial charge is 0.200 e. The second-order valence-corrected chi connectivity index (χ2v) is 3.23. The molecule has 11 heavy (non-hydrogen) atoms. The molecule has 0 saturated heterocycles. The average molecular weight is 153 g/mol. The first-order valence-corrected chi connectivity index (χ1v) is 3.83. The summed E-state index contributed by atoms with van der Waals surface area (Å²) < 4.78 is 0. The number of aliphatic hydroxyl groups excluding tert-OH is 1. The van der Waals surface area contributed by atoms with Crippen molar-refractivity contribution >= 4 is 13.7 Å². The van der Waals surface area contributed by atoms with Gasteiger partial charge in [-0.2, -0.15) is 0 Å². The Balaban J connectivity index is 2.27. The van der Waals surface area contributed by atoms with Gasteiger partial charge in [0.15, 0.2) is 13.7 Å². The molecule has 1 aliphatic carbocycles. The van der Waals surface area contributed by atoms with E-state index < -0.39 is 5.81 Å². The largest absolute Gasteiger partial charge is 0.396 e. The number of aliphatic hydroxyl groups is 1. The Kier molecular flexibility index (Phi) is 2.55. The van der Waals surface area contributed by atoms with E-state index in [4.69, 9.17) is 13.0 Å². The second kappa shape index (κ2) is 3.26. The maximum absolute atomic E-state index is 10.3. The molecule has 2 radical (unpaired) electrons. The van der Waals surface area contributed by atoms with Gasteiger partial charge in [0.2, 0.25) is 0 Å². The fourth-order valence-electron chi connectivity index (χ4n) is 1.34. The quantitative estimate of drug-likeness (QED) is 0.561. The molecule has 0 aromatic rings. The number of hydrogen-bond donors (Lipinski definition) is 2. The Morgan fingerprint density at radius 3 is 2.55 bits per heavy atom. The second-order valence-electron chi connectivity index (χ2n) is 3.23. The number of hydrogen-bond acceptors (Lipinski definition) is 2. The third-order valence-corrected chi connectivity index (χ3v) is 2.39. The molecule has 1 rings (SSSR count). The third-order valence-electron chi connectivity index (χ3n) is 2.39. The van der Waals surface area contributed by atoms with Gasteiger partial charge in [-0.3, -0.25) is 4.79 Å². The van der Waals surface area contributed by atoms with Crippen LogP contribution >= 0.6 is 0 Å². The van der Waals surface area contributed by atoms with E-state index >= 15 is 0 Å². The highest BCUT2D eigenvalue weighted by atomic mass is 16.3. The van der Waals surface area contributed by atoms with Gasteiger partial charge in [0.05, 0.1) is 6.61 Å². The fourth-order valence-corrected chi connectivity index (χ4v) is 1.34. The Bertz CT molecular complexity index is 151. The molecule has 4 heteroatoms. The van der Waals surface area contributed by atoms with E-state index in [0.717, 1.165) is 19.3 Å². The van der Waals surface area contributed by atoms with Crippen molar-refractivity contribution in [2.24, 2.45) is 5.41 Å². The van der Waals surface area contributed by atoms with E-state index in [2.05, 4.69) is 5.32 Å². The van der Waals surface area contributed by atoms with Crippen LogP contribution in [-0.4, -0.2) is 31.9 Å². The number of amides is 1. The van der Waals surface area contributed by atoms with E-state index in [1.807, 2.05) is 0 Å². The predicted molar refractivity (Wildman–Crippen MR) is 42.5 cm³/mol. The van der Waals surface area contributed by atoms with Crippen LogP contribution in [0.4, 0.5) is 4.79 Å². The van der Waals surface area contributed by atoms with Gasteiger partial charge in [-0.25, -0.2) is 0 Å². The van der Waals surface area contributed by atoms with Crippen molar-refractivity contribution in [3.63, 3.8) is 0 Å². The monoisotopic (exact) mass is 153 g/mol. The lowest BCUT2D eigenvalue weighted by Gasteiger charge is -2.40. The first kappa shape index (κ1) is 8.59. The maximum atomic E-state index is 10.3. The van der Waals surface area contributed by atoms with Crippen LogP contribution in [0.1, 0.15) is 19.3 Å². The molecular formula is C7H12BNO2. The maximum Gasteiger partial charge on any atom is 0.200 e. The van der Waals surface area contributed by atoms with Crippen molar-refractivity contribution in [1.82, 2.24) is 5.32 Å². The Hall–Kier alpha value is -0.505. The standard InChI is InChI=1S/C7H12BNO2/c8-6(11)9-4-7(5-10)2-1-3-7/h10H,1-5H2,(H,9,11). The average Bonchev–Trinajstić information content (AvgIpc) is 1.86. The van der Waals surface area contributed by atoms with Crippen LogP contribution in [0.15, 0.2) is 0 Å². The third kappa shape index (κ3) is 1.96. The summed E-state index contributed by atoms with van der Waals surface area (Å²) in [6.07, 6.45) is 3.12. The topological polar surface area (TPSA) is 49.3 Å². The first-order chi connectivity index (χ1) is 5.18. The number of rotatable bonds is 3. The number of carbonyl (C=O) groups is 1. The van der Waals surface area contributed by atoms with Crippen molar-refractivity contribution in [3.05, 3.63) is 0 Å². The van der Waals surface area contributed by atoms with Gasteiger partial charge >= 0.3 is 0 Å². The minimum atomic E-state index is -0.510. The van der Waals surface area contributed by atoms with Crippen molar-refractivity contribution in [2.75, 3.05) is 13.2 Å². The van der Waals surface area contributed by atoms with Crippen molar-refractivity contribution in [2.45, 2.75) is 19.3 Å². The predicted octanol–water partition coefficient (Wildman–Crippen LogP) is 0.0271. The molecule has 1 fully saturated rings. The van der Waals surface area contributed by atoms with Gasteiger partial charge in [0.1, 0.15) is 0 Å². The SMILES string of the molecule is [B]C(=O)NCC1(CO)CCC1. The molecule has 1 amide bonds. The van der Waals surface area contributed by atoms with Crippen molar-refractivity contribution < 1.29 is 9.90 Å². The Morgan fingerprint density at radius 1 is 1.64 bits per heavy atom. The molecule has 0 aliphatic heterocycles. The van der Waals surface area contributed by atoms with E-state index in [-0.39, 0.29) is 12.0 Å². The zero-order chi connectivity index (χ0) is 8.32. The van der Waals surface area contributed by atoms with Crippen LogP contribution in [0, 0.1) is 5.41 Å². The van der Waals surface area contributed by atoms with E-state index in [9.17, 15) is 4.79 Å². The van der Waals surface area contributed by atoms with E-state index in [0.29, 0.717) is 6.54 Å². The zero-order valence-corrected chi connectivity index (χ0v) is 6.47. The Labute approximate surface area is 67.6 Å². The van der Waals surface area contributed by atoms with Crippen LogP contribution in [0.3, 0.4) is 0 Å². The van der Waals surface area contributed by atoms with Gasteiger partial charge in [0.25, 0.3) is 0 Å². The van der Waals surface area contributed by atoms with E-state index in [1.54, 1.807) is 0 Å². The van der Waals surface area contributed by atoms with E-state index in [1.165, 1.54) is 0 Å². The molecule has 60 valence electrons. The molecule has 2 N–H and O–H groups in total. The number of carbonyl (C=O) groups excluding carboxylic acids is 1. The lowest BCUT2D eigenvalue weighted by molar-refractivity contribution is 0.0480. The molecule has 3 nitrogen and oxygen atoms in total. The van der Waals surface area contributed by atoms with Crippen LogP contribution < -0.4 is 5.32 Å². The highest BCUT2D eigenvalue weighted by Crippen LogP contribution is 2.39. The molecule has 0 unspecified atom stereocenters. The van der Waals surface area contributed by atoms with Crippen LogP contribution in [0.25, 0.3) is 0 Å². The summed E-state index contributed by atoms with van der Waals surface area (Å²) in [5.41, 5.74) is -0.0605. The normalized spacial score (nSPS) is 20.5. The van der Waals surface area contributed by atoms with Crippen molar-refractivity contribution in [3.8, 4) is 0 Å². The van der Waals surface area contributed by atoms with Gasteiger partial charge in [-0.1, -0.05) is 6.42 Å². The summed E-state index contributed by atoms with van der Waals surface area (Å²) >= 11 is 0. The molecule has 1 aliphatic rings. The molecule has 0 atom stereocenters. The molecule has 0 heterocycles. The van der Waals surface area contributed by atoms with Crippen molar-refractivity contribution in [1.29, 1.82) is 0 Å². The molecule has 0 bridgehead atoms. The number of nitrogens with one attached hydrogen (secondary N) is 1. The fraction of sp³-hybridized carbons (Fsp3) is 0.857. The summed E-state index contributed by atoms with van der Waals surface area (Å²) in [6.45, 7) is 0.659. The molecule has 0 aromatic carbocycles. The summed E-state index contributed by atoms with van der Waals surface area (Å²) in [6, 6.07) is 0. The highest BCUT2D eigenvalue weighted by Gasteiger charge is 2.35. The highest BCUT2D eigenvalue weighted by molar-refractivity contribution is 6.57. The van der Waals surface area contributed by atoms with Gasteiger partial charge in [-0.05, 0) is 12.8 Å². The lowest BCUT2D eigenvalue weighted by Crippen LogP contribution is -2.44. The van der Waals surface area contributed by atoms with Crippen LogP contribution in [0.5, 0.6) is 0 Å².